The Hall–Kier alpha value is -1.38. The number of methoxy groups -OCH3 is 2. The summed E-state index contributed by atoms with van der Waals surface area (Å²) in [6, 6.07) is 11.6. The van der Waals surface area contributed by atoms with Crippen molar-refractivity contribution in [3.05, 3.63) is 58.1 Å². The summed E-state index contributed by atoms with van der Waals surface area (Å²) in [5.41, 5.74) is 2.96. The SMILES string of the molecule is COc1cc(Cl)c(C(Cl)c2cccc(C)c2)cc1OC. The number of alkyl halides is 1. The van der Waals surface area contributed by atoms with Crippen LogP contribution >= 0.6 is 23.2 Å². The van der Waals surface area contributed by atoms with Crippen LogP contribution in [0.25, 0.3) is 0 Å². The third kappa shape index (κ3) is 3.02. The molecule has 0 aliphatic rings. The van der Waals surface area contributed by atoms with Gasteiger partial charge < -0.3 is 9.47 Å². The molecule has 20 heavy (non-hydrogen) atoms. The Kier molecular flexibility index (Phi) is 4.79. The Bertz CT molecular complexity index is 611. The van der Waals surface area contributed by atoms with Gasteiger partial charge in [0.2, 0.25) is 0 Å². The highest BCUT2D eigenvalue weighted by atomic mass is 35.5. The summed E-state index contributed by atoms with van der Waals surface area (Å²) >= 11 is 12.9. The molecule has 0 heterocycles. The summed E-state index contributed by atoms with van der Waals surface area (Å²) in [5.74, 6) is 1.21. The van der Waals surface area contributed by atoms with Crippen LogP contribution in [0.2, 0.25) is 5.02 Å². The fraction of sp³-hybridized carbons (Fsp3) is 0.250. The van der Waals surface area contributed by atoms with Crippen LogP contribution in [0.15, 0.2) is 36.4 Å². The van der Waals surface area contributed by atoms with Crippen molar-refractivity contribution in [3.8, 4) is 11.5 Å². The second kappa shape index (κ2) is 6.38. The molecule has 2 aromatic rings. The number of halogens is 2. The minimum atomic E-state index is -0.331. The molecular formula is C16H16Cl2O2. The molecule has 0 radical (unpaired) electrons. The average Bonchev–Trinajstić information content (AvgIpc) is 2.46. The molecule has 0 aliphatic carbocycles. The number of benzene rings is 2. The molecule has 0 spiro atoms. The number of hydrogen-bond acceptors (Lipinski definition) is 2. The molecule has 0 saturated carbocycles. The Labute approximate surface area is 129 Å². The van der Waals surface area contributed by atoms with Crippen molar-refractivity contribution < 1.29 is 9.47 Å². The molecule has 0 fully saturated rings. The van der Waals surface area contributed by atoms with Gasteiger partial charge in [0, 0.05) is 11.1 Å². The second-order valence-corrected chi connectivity index (χ2v) is 5.35. The quantitative estimate of drug-likeness (QED) is 0.740. The normalized spacial score (nSPS) is 12.1. The second-order valence-electron chi connectivity index (χ2n) is 4.51. The molecule has 1 unspecified atom stereocenters. The molecule has 2 rings (SSSR count). The molecule has 0 N–H and O–H groups in total. The lowest BCUT2D eigenvalue weighted by Gasteiger charge is -2.16. The van der Waals surface area contributed by atoms with Crippen LogP contribution in [0, 0.1) is 6.92 Å². The van der Waals surface area contributed by atoms with Crippen molar-refractivity contribution in [2.45, 2.75) is 12.3 Å². The van der Waals surface area contributed by atoms with Crippen LogP contribution in [-0.4, -0.2) is 14.2 Å². The van der Waals surface area contributed by atoms with Crippen molar-refractivity contribution in [2.75, 3.05) is 14.2 Å². The maximum atomic E-state index is 6.55. The predicted octanol–water partition coefficient (Wildman–Crippen LogP) is 4.99. The van der Waals surface area contributed by atoms with Gasteiger partial charge in [0.25, 0.3) is 0 Å². The minimum Gasteiger partial charge on any atom is -0.493 e. The lowest BCUT2D eigenvalue weighted by molar-refractivity contribution is 0.354. The zero-order chi connectivity index (χ0) is 14.7. The molecule has 4 heteroatoms. The van der Waals surface area contributed by atoms with Crippen molar-refractivity contribution in [3.63, 3.8) is 0 Å². The van der Waals surface area contributed by atoms with E-state index >= 15 is 0 Å². The van der Waals surface area contributed by atoms with Crippen molar-refractivity contribution in [1.82, 2.24) is 0 Å². The predicted molar refractivity (Wildman–Crippen MR) is 83.4 cm³/mol. The molecule has 0 aliphatic heterocycles. The van der Waals surface area contributed by atoms with E-state index in [1.165, 1.54) is 0 Å². The highest BCUT2D eigenvalue weighted by molar-refractivity contribution is 6.33. The largest absolute Gasteiger partial charge is 0.493 e. The Morgan fingerprint density at radius 2 is 1.65 bits per heavy atom. The fourth-order valence-corrected chi connectivity index (χ4v) is 2.71. The van der Waals surface area contributed by atoms with Gasteiger partial charge in [-0.05, 0) is 24.1 Å². The van der Waals surface area contributed by atoms with Crippen LogP contribution in [0.3, 0.4) is 0 Å². The first-order valence-electron chi connectivity index (χ1n) is 6.19. The number of hydrogen-bond donors (Lipinski definition) is 0. The van der Waals surface area contributed by atoms with Crippen LogP contribution in [-0.2, 0) is 0 Å². The zero-order valence-electron chi connectivity index (χ0n) is 11.6. The first kappa shape index (κ1) is 15.0. The van der Waals surface area contributed by atoms with Crippen molar-refractivity contribution in [1.29, 1.82) is 0 Å². The number of aryl methyl sites for hydroxylation is 1. The van der Waals surface area contributed by atoms with E-state index in [0.717, 1.165) is 16.7 Å². The average molecular weight is 311 g/mol. The lowest BCUT2D eigenvalue weighted by atomic mass is 10.0. The number of ether oxygens (including phenoxy) is 2. The van der Waals surface area contributed by atoms with Crippen LogP contribution in [0.1, 0.15) is 22.1 Å². The first-order chi connectivity index (χ1) is 9.56. The van der Waals surface area contributed by atoms with Crippen LogP contribution in [0.5, 0.6) is 11.5 Å². The lowest BCUT2D eigenvalue weighted by Crippen LogP contribution is -1.98. The van der Waals surface area contributed by atoms with E-state index in [2.05, 4.69) is 0 Å². The van der Waals surface area contributed by atoms with Gasteiger partial charge in [-0.1, -0.05) is 41.4 Å². The van der Waals surface area contributed by atoms with Gasteiger partial charge in [-0.3, -0.25) is 0 Å². The van der Waals surface area contributed by atoms with Gasteiger partial charge in [0.1, 0.15) is 0 Å². The summed E-state index contributed by atoms with van der Waals surface area (Å²) < 4.78 is 10.5. The molecule has 2 nitrogen and oxygen atoms in total. The summed E-state index contributed by atoms with van der Waals surface area (Å²) in [7, 11) is 3.16. The van der Waals surface area contributed by atoms with Gasteiger partial charge >= 0.3 is 0 Å². The van der Waals surface area contributed by atoms with Crippen molar-refractivity contribution in [2.24, 2.45) is 0 Å². The summed E-state index contributed by atoms with van der Waals surface area (Å²) in [6.07, 6.45) is 0. The van der Waals surface area contributed by atoms with Gasteiger partial charge in [-0.25, -0.2) is 0 Å². The Balaban J connectivity index is 2.46. The molecule has 0 bridgehead atoms. The van der Waals surface area contributed by atoms with E-state index in [4.69, 9.17) is 32.7 Å². The minimum absolute atomic E-state index is 0.331. The van der Waals surface area contributed by atoms with E-state index in [-0.39, 0.29) is 5.38 Å². The highest BCUT2D eigenvalue weighted by Crippen LogP contribution is 2.40. The van der Waals surface area contributed by atoms with Gasteiger partial charge in [-0.15, -0.1) is 11.6 Å². The topological polar surface area (TPSA) is 18.5 Å². The Morgan fingerprint density at radius 1 is 1.00 bits per heavy atom. The third-order valence-corrected chi connectivity index (χ3v) is 3.93. The number of rotatable bonds is 4. The summed E-state index contributed by atoms with van der Waals surface area (Å²) in [6.45, 7) is 2.03. The van der Waals surface area contributed by atoms with E-state index in [1.54, 1.807) is 20.3 Å². The monoisotopic (exact) mass is 310 g/mol. The maximum absolute atomic E-state index is 6.55. The van der Waals surface area contributed by atoms with E-state index < -0.39 is 0 Å². The van der Waals surface area contributed by atoms with E-state index in [1.807, 2.05) is 37.3 Å². The van der Waals surface area contributed by atoms with Gasteiger partial charge in [-0.2, -0.15) is 0 Å². The van der Waals surface area contributed by atoms with Crippen molar-refractivity contribution >= 4 is 23.2 Å². The fourth-order valence-electron chi connectivity index (χ4n) is 2.07. The van der Waals surface area contributed by atoms with Gasteiger partial charge in [0.15, 0.2) is 11.5 Å². The summed E-state index contributed by atoms with van der Waals surface area (Å²) in [5, 5.41) is 0.228. The highest BCUT2D eigenvalue weighted by Gasteiger charge is 2.18. The molecule has 2 aromatic carbocycles. The molecule has 0 amide bonds. The first-order valence-corrected chi connectivity index (χ1v) is 7.00. The molecular weight excluding hydrogens is 295 g/mol. The standard InChI is InChI=1S/C16H16Cl2O2/c1-10-5-4-6-11(7-10)16(18)12-8-14(19-2)15(20-3)9-13(12)17/h4-9,16H,1-3H3. The van der Waals surface area contributed by atoms with E-state index in [9.17, 15) is 0 Å². The van der Waals surface area contributed by atoms with Crippen LogP contribution in [0.4, 0.5) is 0 Å². The van der Waals surface area contributed by atoms with E-state index in [0.29, 0.717) is 16.5 Å². The molecule has 0 aromatic heterocycles. The van der Waals surface area contributed by atoms with Gasteiger partial charge in [0.05, 0.1) is 19.6 Å². The molecule has 106 valence electrons. The van der Waals surface area contributed by atoms with Crippen LogP contribution < -0.4 is 9.47 Å². The Morgan fingerprint density at radius 3 is 2.25 bits per heavy atom. The molecule has 0 saturated heterocycles. The maximum Gasteiger partial charge on any atom is 0.162 e. The third-order valence-electron chi connectivity index (χ3n) is 3.11. The zero-order valence-corrected chi connectivity index (χ0v) is 13.1. The smallest absolute Gasteiger partial charge is 0.162 e. The summed E-state index contributed by atoms with van der Waals surface area (Å²) in [4.78, 5) is 0. The molecule has 1 atom stereocenters.